The highest BCUT2D eigenvalue weighted by atomic mass is 32.2. The molecule has 1 aromatic heterocycles. The van der Waals surface area contributed by atoms with Gasteiger partial charge in [0.15, 0.2) is 5.16 Å². The van der Waals surface area contributed by atoms with Gasteiger partial charge in [0.2, 0.25) is 0 Å². The molecule has 5 nitrogen and oxygen atoms in total. The number of benzene rings is 3. The molecule has 0 unspecified atom stereocenters. The molecule has 33 heavy (non-hydrogen) atoms. The zero-order chi connectivity index (χ0) is 23.6. The minimum absolute atomic E-state index is 0.109. The molecule has 0 N–H and O–H groups in total. The molecule has 4 rings (SSSR count). The number of ether oxygens (including phenoxy) is 2. The highest BCUT2D eigenvalue weighted by molar-refractivity contribution is 7.98. The molecule has 0 atom stereocenters. The lowest BCUT2D eigenvalue weighted by atomic mass is 9.87. The van der Waals surface area contributed by atoms with Crippen LogP contribution in [0.3, 0.4) is 0 Å². The molecule has 0 fully saturated rings. The second-order valence-corrected chi connectivity index (χ2v) is 9.80. The molecule has 1 heterocycles. The van der Waals surface area contributed by atoms with E-state index in [0.29, 0.717) is 39.0 Å². The van der Waals surface area contributed by atoms with E-state index in [9.17, 15) is 4.79 Å². The Balaban J connectivity index is 1.78. The Morgan fingerprint density at radius 3 is 2.15 bits per heavy atom. The molecule has 0 aliphatic heterocycles. The molecule has 0 amide bonds. The van der Waals surface area contributed by atoms with Crippen LogP contribution in [0.5, 0.6) is 11.5 Å². The highest BCUT2D eigenvalue weighted by Gasteiger charge is 2.16. The molecular formula is C27H28N2O3S. The number of hydrogen-bond donors (Lipinski definition) is 0. The summed E-state index contributed by atoms with van der Waals surface area (Å²) in [5.41, 5.74) is 3.78. The third-order valence-electron chi connectivity index (χ3n) is 5.53. The Morgan fingerprint density at radius 2 is 1.55 bits per heavy atom. The minimum atomic E-state index is -0.124. The third kappa shape index (κ3) is 4.91. The molecule has 0 saturated heterocycles. The summed E-state index contributed by atoms with van der Waals surface area (Å²) in [5, 5.41) is 1.19. The summed E-state index contributed by atoms with van der Waals surface area (Å²) >= 11 is 1.53. The van der Waals surface area contributed by atoms with Crippen molar-refractivity contribution < 1.29 is 9.47 Å². The van der Waals surface area contributed by atoms with Gasteiger partial charge in [0.25, 0.3) is 5.56 Å². The Morgan fingerprint density at radius 1 is 0.909 bits per heavy atom. The van der Waals surface area contributed by atoms with Gasteiger partial charge in [0.05, 0.1) is 30.8 Å². The van der Waals surface area contributed by atoms with E-state index >= 15 is 0 Å². The number of fused-ring (bicyclic) bond motifs is 1. The molecule has 6 heteroatoms. The maximum Gasteiger partial charge on any atom is 0.266 e. The molecule has 0 aliphatic rings. The summed E-state index contributed by atoms with van der Waals surface area (Å²) < 4.78 is 12.5. The van der Waals surface area contributed by atoms with Crippen LogP contribution in [0.1, 0.15) is 31.9 Å². The molecule has 0 bridgehead atoms. The van der Waals surface area contributed by atoms with Gasteiger partial charge in [-0.1, -0.05) is 68.9 Å². The third-order valence-corrected chi connectivity index (χ3v) is 6.54. The van der Waals surface area contributed by atoms with Crippen LogP contribution in [0.2, 0.25) is 0 Å². The number of rotatable bonds is 6. The second-order valence-electron chi connectivity index (χ2n) is 8.86. The predicted molar refractivity (Wildman–Crippen MR) is 135 cm³/mol. The van der Waals surface area contributed by atoms with E-state index in [2.05, 4.69) is 45.0 Å². The van der Waals surface area contributed by atoms with Gasteiger partial charge >= 0.3 is 0 Å². The van der Waals surface area contributed by atoms with Crippen LogP contribution in [0.4, 0.5) is 0 Å². The molecule has 0 radical (unpaired) electrons. The number of thioether (sulfide) groups is 1. The van der Waals surface area contributed by atoms with Gasteiger partial charge in [-0.25, -0.2) is 4.98 Å². The Hall–Kier alpha value is -3.25. The first-order valence-electron chi connectivity index (χ1n) is 10.8. The van der Waals surface area contributed by atoms with E-state index in [1.54, 1.807) is 30.9 Å². The van der Waals surface area contributed by atoms with E-state index in [4.69, 9.17) is 14.5 Å². The monoisotopic (exact) mass is 460 g/mol. The highest BCUT2D eigenvalue weighted by Crippen LogP contribution is 2.30. The molecule has 4 aromatic rings. The van der Waals surface area contributed by atoms with E-state index < -0.39 is 0 Å². The lowest BCUT2D eigenvalue weighted by molar-refractivity contribution is 0.394. The first kappa shape index (κ1) is 22.9. The maximum atomic E-state index is 13.5. The van der Waals surface area contributed by atoms with Crippen molar-refractivity contribution in [3.8, 4) is 17.2 Å². The van der Waals surface area contributed by atoms with Gasteiger partial charge in [-0.3, -0.25) is 9.36 Å². The predicted octanol–water partition coefficient (Wildman–Crippen LogP) is 5.99. The van der Waals surface area contributed by atoms with Crippen molar-refractivity contribution in [3.05, 3.63) is 88.2 Å². The smallest absolute Gasteiger partial charge is 0.266 e. The van der Waals surface area contributed by atoms with Gasteiger partial charge in [-0.05, 0) is 28.7 Å². The largest absolute Gasteiger partial charge is 0.497 e. The number of aromatic nitrogens is 2. The van der Waals surface area contributed by atoms with Crippen molar-refractivity contribution in [3.63, 3.8) is 0 Å². The Bertz CT molecular complexity index is 1320. The van der Waals surface area contributed by atoms with Crippen LogP contribution in [-0.4, -0.2) is 23.8 Å². The van der Waals surface area contributed by atoms with Crippen molar-refractivity contribution in [2.45, 2.75) is 37.1 Å². The standard InChI is InChI=1S/C27H28N2O3S/c1-27(2,3)19-12-10-18(11-13-19)17-33-26-28-24-9-7-6-8-23(24)25(30)29(26)20-14-21(31-4)16-22(15-20)32-5/h6-16H,17H2,1-5H3. The van der Waals surface area contributed by atoms with Crippen LogP contribution in [0.25, 0.3) is 16.6 Å². The van der Waals surface area contributed by atoms with Crippen LogP contribution in [0, 0.1) is 0 Å². The number of methoxy groups -OCH3 is 2. The lowest BCUT2D eigenvalue weighted by Crippen LogP contribution is -2.22. The summed E-state index contributed by atoms with van der Waals surface area (Å²) in [5.74, 6) is 1.91. The number of para-hydroxylation sites is 1. The van der Waals surface area contributed by atoms with Gasteiger partial charge in [0.1, 0.15) is 11.5 Å². The van der Waals surface area contributed by atoms with Crippen molar-refractivity contribution in [2.24, 2.45) is 0 Å². The van der Waals surface area contributed by atoms with Crippen LogP contribution < -0.4 is 15.0 Å². The van der Waals surface area contributed by atoms with Crippen molar-refractivity contribution in [2.75, 3.05) is 14.2 Å². The van der Waals surface area contributed by atoms with Crippen molar-refractivity contribution in [1.29, 1.82) is 0 Å². The normalized spacial score (nSPS) is 11.5. The first-order valence-corrected chi connectivity index (χ1v) is 11.8. The SMILES string of the molecule is COc1cc(OC)cc(-n2c(SCc3ccc(C(C)(C)C)cc3)nc3ccccc3c2=O)c1. The fourth-order valence-corrected chi connectivity index (χ4v) is 4.58. The minimum Gasteiger partial charge on any atom is -0.497 e. The average molecular weight is 461 g/mol. The topological polar surface area (TPSA) is 53.4 Å². The summed E-state index contributed by atoms with van der Waals surface area (Å²) in [6.07, 6.45) is 0. The van der Waals surface area contributed by atoms with Crippen LogP contribution >= 0.6 is 11.8 Å². The van der Waals surface area contributed by atoms with Gasteiger partial charge in [-0.2, -0.15) is 0 Å². The second kappa shape index (κ2) is 9.32. The molecule has 170 valence electrons. The summed E-state index contributed by atoms with van der Waals surface area (Å²) in [6, 6.07) is 21.5. The fourth-order valence-electron chi connectivity index (χ4n) is 3.61. The first-order chi connectivity index (χ1) is 15.8. The number of hydrogen-bond acceptors (Lipinski definition) is 5. The zero-order valence-electron chi connectivity index (χ0n) is 19.6. The van der Waals surface area contributed by atoms with E-state index in [-0.39, 0.29) is 11.0 Å². The van der Waals surface area contributed by atoms with Crippen molar-refractivity contribution >= 4 is 22.7 Å². The Kier molecular flexibility index (Phi) is 6.47. The summed E-state index contributed by atoms with van der Waals surface area (Å²) in [6.45, 7) is 6.62. The average Bonchev–Trinajstić information content (AvgIpc) is 2.82. The van der Waals surface area contributed by atoms with Crippen LogP contribution in [0.15, 0.2) is 76.7 Å². The van der Waals surface area contributed by atoms with Gasteiger partial charge < -0.3 is 9.47 Å². The molecule has 0 spiro atoms. The molecule has 0 saturated carbocycles. The van der Waals surface area contributed by atoms with Gasteiger partial charge in [-0.15, -0.1) is 0 Å². The maximum absolute atomic E-state index is 13.5. The molecule has 3 aromatic carbocycles. The molecule has 0 aliphatic carbocycles. The number of nitrogens with zero attached hydrogens (tertiary/aromatic N) is 2. The molecular weight excluding hydrogens is 432 g/mol. The van der Waals surface area contributed by atoms with E-state index in [1.165, 1.54) is 22.9 Å². The van der Waals surface area contributed by atoms with Crippen LogP contribution in [-0.2, 0) is 11.2 Å². The van der Waals surface area contributed by atoms with Gasteiger partial charge in [0, 0.05) is 24.0 Å². The Labute approximate surface area is 198 Å². The van der Waals surface area contributed by atoms with Crippen molar-refractivity contribution in [1.82, 2.24) is 9.55 Å². The quantitative estimate of drug-likeness (QED) is 0.261. The summed E-state index contributed by atoms with van der Waals surface area (Å²) in [7, 11) is 3.19. The lowest BCUT2D eigenvalue weighted by Gasteiger charge is -2.19. The van der Waals surface area contributed by atoms with E-state index in [1.807, 2.05) is 30.3 Å². The summed E-state index contributed by atoms with van der Waals surface area (Å²) in [4.78, 5) is 18.4. The fraction of sp³-hybridized carbons (Fsp3) is 0.259. The van der Waals surface area contributed by atoms with E-state index in [0.717, 1.165) is 0 Å². The zero-order valence-corrected chi connectivity index (χ0v) is 20.4.